The van der Waals surface area contributed by atoms with Crippen LogP contribution in [0.15, 0.2) is 81.0 Å². The van der Waals surface area contributed by atoms with E-state index >= 15 is 0 Å². The van der Waals surface area contributed by atoms with Gasteiger partial charge in [0.25, 0.3) is 5.91 Å². The van der Waals surface area contributed by atoms with E-state index in [1.165, 1.54) is 16.7 Å². The lowest BCUT2D eigenvalue weighted by Crippen LogP contribution is -2.43. The van der Waals surface area contributed by atoms with Crippen LogP contribution in [0.2, 0.25) is 5.02 Å². The summed E-state index contributed by atoms with van der Waals surface area (Å²) in [6.45, 7) is 0.419. The summed E-state index contributed by atoms with van der Waals surface area (Å²) in [4.78, 5) is 29.1. The van der Waals surface area contributed by atoms with Gasteiger partial charge in [-0.05, 0) is 76.0 Å². The number of carbonyl (C=O) groups is 2. The van der Waals surface area contributed by atoms with Gasteiger partial charge in [0.05, 0.1) is 22.2 Å². The van der Waals surface area contributed by atoms with Crippen LogP contribution in [0.3, 0.4) is 0 Å². The molecule has 1 aliphatic rings. The predicted molar refractivity (Wildman–Crippen MR) is 141 cm³/mol. The number of nitrogens with one attached hydrogen (secondary N) is 1. The van der Waals surface area contributed by atoms with Crippen LogP contribution in [-0.4, -0.2) is 32.0 Å². The van der Waals surface area contributed by atoms with E-state index in [-0.39, 0.29) is 18.4 Å². The van der Waals surface area contributed by atoms with Crippen molar-refractivity contribution in [1.82, 2.24) is 5.32 Å². The Morgan fingerprint density at radius 1 is 1.15 bits per heavy atom. The monoisotopic (exact) mass is 556 g/mol. The fourth-order valence-corrected chi connectivity index (χ4v) is 5.28. The Bertz CT molecular complexity index is 1250. The number of thioether (sulfide) groups is 1. The molecule has 4 rings (SSSR count). The van der Waals surface area contributed by atoms with Gasteiger partial charge in [0.15, 0.2) is 0 Å². The summed E-state index contributed by atoms with van der Waals surface area (Å²) >= 11 is 10.8. The Hall–Kier alpha value is -2.74. The van der Waals surface area contributed by atoms with Gasteiger partial charge >= 0.3 is 0 Å². The van der Waals surface area contributed by atoms with Crippen molar-refractivity contribution in [2.24, 2.45) is 0 Å². The van der Waals surface area contributed by atoms with Crippen LogP contribution >= 0.6 is 39.3 Å². The van der Waals surface area contributed by atoms with Gasteiger partial charge in [0, 0.05) is 16.5 Å². The second kappa shape index (κ2) is 11.1. The Balaban J connectivity index is 1.49. The first-order valence-electron chi connectivity index (χ1n) is 10.6. The Morgan fingerprint density at radius 3 is 2.65 bits per heavy atom. The van der Waals surface area contributed by atoms with Gasteiger partial charge in [0.1, 0.15) is 12.3 Å². The van der Waals surface area contributed by atoms with Crippen LogP contribution in [0.4, 0.5) is 5.69 Å². The smallest absolute Gasteiger partial charge is 0.265 e. The second-order valence-corrected chi connectivity index (χ2v) is 9.96. The van der Waals surface area contributed by atoms with Crippen LogP contribution in [-0.2, 0) is 16.0 Å². The van der Waals surface area contributed by atoms with E-state index in [0.29, 0.717) is 28.6 Å². The third kappa shape index (κ3) is 5.84. The van der Waals surface area contributed by atoms with E-state index in [0.717, 1.165) is 26.2 Å². The highest BCUT2D eigenvalue weighted by atomic mass is 79.9. The molecule has 0 unspecified atom stereocenters. The fourth-order valence-electron chi connectivity index (χ4n) is 3.54. The van der Waals surface area contributed by atoms with Crippen molar-refractivity contribution in [3.05, 3.63) is 92.3 Å². The molecule has 1 aliphatic heterocycles. The maximum absolute atomic E-state index is 13.4. The highest BCUT2D eigenvalue weighted by Gasteiger charge is 2.30. The number of benzene rings is 3. The number of para-hydroxylation sites is 1. The van der Waals surface area contributed by atoms with Crippen LogP contribution in [0, 0.1) is 0 Å². The number of fused-ring (bicyclic) bond motifs is 1. The Kier molecular flexibility index (Phi) is 7.98. The average Bonchev–Trinajstić information content (AvgIpc) is 2.83. The number of anilines is 1. The predicted octanol–water partition coefficient (Wildman–Crippen LogP) is 5.95. The first-order chi connectivity index (χ1) is 16.4. The lowest BCUT2D eigenvalue weighted by Gasteiger charge is -2.29. The number of carbonyl (C=O) groups excluding carboxylic acids is 2. The molecule has 0 aromatic heterocycles. The molecule has 8 heteroatoms. The molecule has 0 saturated carbocycles. The molecule has 0 bridgehead atoms. The van der Waals surface area contributed by atoms with Crippen molar-refractivity contribution in [2.45, 2.75) is 11.3 Å². The summed E-state index contributed by atoms with van der Waals surface area (Å²) in [5.41, 5.74) is 2.67. The van der Waals surface area contributed by atoms with Crippen molar-refractivity contribution in [3.8, 4) is 5.75 Å². The second-order valence-electron chi connectivity index (χ2n) is 7.59. The average molecular weight is 558 g/mol. The number of ether oxygens (including phenoxy) is 1. The lowest BCUT2D eigenvalue weighted by atomic mass is 10.1. The van der Waals surface area contributed by atoms with Crippen molar-refractivity contribution >= 4 is 62.9 Å². The molecular weight excluding hydrogens is 536 g/mol. The molecule has 2 amide bonds. The van der Waals surface area contributed by atoms with Crippen molar-refractivity contribution in [3.63, 3.8) is 0 Å². The molecule has 0 radical (unpaired) electrons. The summed E-state index contributed by atoms with van der Waals surface area (Å²) in [6, 6.07) is 20.8. The zero-order valence-corrected chi connectivity index (χ0v) is 21.5. The molecule has 34 heavy (non-hydrogen) atoms. The molecule has 3 aromatic rings. The van der Waals surface area contributed by atoms with Crippen molar-refractivity contribution in [2.75, 3.05) is 25.1 Å². The highest BCUT2D eigenvalue weighted by Crippen LogP contribution is 2.42. The van der Waals surface area contributed by atoms with E-state index in [1.54, 1.807) is 7.11 Å². The van der Waals surface area contributed by atoms with Crippen LogP contribution in [0.25, 0.3) is 6.08 Å². The zero-order chi connectivity index (χ0) is 24.1. The zero-order valence-electron chi connectivity index (χ0n) is 18.4. The maximum atomic E-state index is 13.4. The number of nitrogens with zero attached hydrogens (tertiary/aromatic N) is 1. The summed E-state index contributed by atoms with van der Waals surface area (Å²) < 4.78 is 6.09. The topological polar surface area (TPSA) is 58.6 Å². The molecule has 1 N–H and O–H groups in total. The number of rotatable bonds is 7. The lowest BCUT2D eigenvalue weighted by molar-refractivity contribution is -0.122. The van der Waals surface area contributed by atoms with Crippen molar-refractivity contribution in [1.29, 1.82) is 0 Å². The number of hydrogen-bond donors (Lipinski definition) is 1. The third-order valence-electron chi connectivity index (χ3n) is 5.26. The minimum atomic E-state index is -0.212. The number of amides is 2. The molecule has 174 valence electrons. The van der Waals surface area contributed by atoms with Gasteiger partial charge in [-0.15, -0.1) is 0 Å². The van der Waals surface area contributed by atoms with Crippen LogP contribution in [0.5, 0.6) is 5.75 Å². The van der Waals surface area contributed by atoms with Gasteiger partial charge in [-0.1, -0.05) is 53.7 Å². The van der Waals surface area contributed by atoms with E-state index in [2.05, 4.69) is 21.2 Å². The van der Waals surface area contributed by atoms with Gasteiger partial charge < -0.3 is 10.1 Å². The first-order valence-corrected chi connectivity index (χ1v) is 12.6. The molecule has 3 aromatic carbocycles. The number of halogens is 2. The molecule has 0 spiro atoms. The third-order valence-corrected chi connectivity index (χ3v) is 7.21. The van der Waals surface area contributed by atoms with Crippen LogP contribution < -0.4 is 15.0 Å². The Labute approximate surface area is 216 Å². The molecular formula is C26H22BrClN2O3S. The summed E-state index contributed by atoms with van der Waals surface area (Å²) in [7, 11) is 1.61. The first kappa shape index (κ1) is 24.4. The molecule has 1 heterocycles. The minimum absolute atomic E-state index is 0.0549. The highest BCUT2D eigenvalue weighted by molar-refractivity contribution is 9.10. The summed E-state index contributed by atoms with van der Waals surface area (Å²) in [5, 5.41) is 3.60. The number of hydrogen-bond acceptors (Lipinski definition) is 4. The standard InChI is InChI=1S/C26H22BrClN2O3S/c1-33-22-11-8-18(14-20(22)27)15-24-26(32)30(21-4-2-3-5-23(21)34-24)16-25(31)29-13-12-17-6-9-19(28)10-7-17/h2-11,14-15H,12-13,16H2,1H3,(H,29,31). The maximum Gasteiger partial charge on any atom is 0.265 e. The van der Waals surface area contributed by atoms with E-state index < -0.39 is 0 Å². The minimum Gasteiger partial charge on any atom is -0.496 e. The van der Waals surface area contributed by atoms with Gasteiger partial charge in [-0.25, -0.2) is 0 Å². The van der Waals surface area contributed by atoms with Gasteiger partial charge in [-0.3, -0.25) is 14.5 Å². The van der Waals surface area contributed by atoms with Crippen molar-refractivity contribution < 1.29 is 14.3 Å². The van der Waals surface area contributed by atoms with Gasteiger partial charge in [-0.2, -0.15) is 0 Å². The Morgan fingerprint density at radius 2 is 1.91 bits per heavy atom. The largest absolute Gasteiger partial charge is 0.496 e. The van der Waals surface area contributed by atoms with E-state index in [4.69, 9.17) is 16.3 Å². The molecule has 0 saturated heterocycles. The number of methoxy groups -OCH3 is 1. The van der Waals surface area contributed by atoms with Crippen LogP contribution in [0.1, 0.15) is 11.1 Å². The van der Waals surface area contributed by atoms with E-state index in [1.807, 2.05) is 72.8 Å². The molecule has 5 nitrogen and oxygen atoms in total. The fraction of sp³-hybridized carbons (Fsp3) is 0.154. The summed E-state index contributed by atoms with van der Waals surface area (Å²) in [6.07, 6.45) is 2.51. The van der Waals surface area contributed by atoms with E-state index in [9.17, 15) is 9.59 Å². The molecule has 0 aliphatic carbocycles. The quantitative estimate of drug-likeness (QED) is 0.365. The summed E-state index contributed by atoms with van der Waals surface area (Å²) in [5.74, 6) is 0.297. The van der Waals surface area contributed by atoms with Gasteiger partial charge in [0.2, 0.25) is 5.91 Å². The SMILES string of the molecule is COc1ccc(C=C2Sc3ccccc3N(CC(=O)NCCc3ccc(Cl)cc3)C2=O)cc1Br. The normalized spacial score (nSPS) is 14.1. The molecule has 0 atom stereocenters. The molecule has 0 fully saturated rings.